The molecule has 1 aliphatic heterocycles. The number of benzene rings is 1. The number of hydrogen-bond donors (Lipinski definition) is 2. The van der Waals surface area contributed by atoms with Gasteiger partial charge in [0, 0.05) is 38.8 Å². The molecule has 1 atom stereocenters. The molecule has 0 spiro atoms. The molecule has 1 heterocycles. The SMILES string of the molecule is CCCCNC(=O)CN1CCN(C(C(=O)NC2CC2)c2ccc(F)cc2)CC1. The van der Waals surface area contributed by atoms with Gasteiger partial charge >= 0.3 is 0 Å². The third-order valence-corrected chi connectivity index (χ3v) is 5.35. The van der Waals surface area contributed by atoms with Crippen LogP contribution in [0.2, 0.25) is 0 Å². The molecular weight excluding hydrogens is 359 g/mol. The van der Waals surface area contributed by atoms with Crippen molar-refractivity contribution < 1.29 is 14.0 Å². The van der Waals surface area contributed by atoms with Gasteiger partial charge in [-0.15, -0.1) is 0 Å². The normalized spacial score (nSPS) is 19.2. The molecule has 0 bridgehead atoms. The van der Waals surface area contributed by atoms with Gasteiger partial charge in [0.25, 0.3) is 0 Å². The molecule has 6 nitrogen and oxygen atoms in total. The monoisotopic (exact) mass is 390 g/mol. The molecule has 154 valence electrons. The zero-order valence-corrected chi connectivity index (χ0v) is 16.6. The topological polar surface area (TPSA) is 64.7 Å². The molecule has 2 aliphatic rings. The third-order valence-electron chi connectivity index (χ3n) is 5.35. The molecule has 0 radical (unpaired) electrons. The summed E-state index contributed by atoms with van der Waals surface area (Å²) < 4.78 is 13.3. The van der Waals surface area contributed by atoms with Crippen molar-refractivity contribution in [1.29, 1.82) is 0 Å². The zero-order chi connectivity index (χ0) is 19.9. The van der Waals surface area contributed by atoms with Crippen LogP contribution in [-0.4, -0.2) is 66.9 Å². The van der Waals surface area contributed by atoms with E-state index in [2.05, 4.69) is 27.4 Å². The Labute approximate surface area is 166 Å². The maximum Gasteiger partial charge on any atom is 0.242 e. The predicted molar refractivity (Wildman–Crippen MR) is 106 cm³/mol. The average molecular weight is 391 g/mol. The van der Waals surface area contributed by atoms with Gasteiger partial charge in [-0.3, -0.25) is 19.4 Å². The Morgan fingerprint density at radius 2 is 1.82 bits per heavy atom. The summed E-state index contributed by atoms with van der Waals surface area (Å²) in [6.07, 6.45) is 4.12. The number of rotatable bonds is 9. The molecule has 1 aromatic rings. The summed E-state index contributed by atoms with van der Waals surface area (Å²) in [6, 6.07) is 6.07. The maximum absolute atomic E-state index is 13.3. The summed E-state index contributed by atoms with van der Waals surface area (Å²) in [5, 5.41) is 6.03. The Morgan fingerprint density at radius 3 is 2.43 bits per heavy atom. The van der Waals surface area contributed by atoms with E-state index in [9.17, 15) is 14.0 Å². The lowest BCUT2D eigenvalue weighted by molar-refractivity contribution is -0.129. The second-order valence-electron chi connectivity index (χ2n) is 7.75. The lowest BCUT2D eigenvalue weighted by Gasteiger charge is -2.38. The quantitative estimate of drug-likeness (QED) is 0.630. The van der Waals surface area contributed by atoms with Crippen molar-refractivity contribution in [3.05, 3.63) is 35.6 Å². The zero-order valence-electron chi connectivity index (χ0n) is 16.6. The molecule has 2 amide bonds. The van der Waals surface area contributed by atoms with Crippen LogP contribution in [0.1, 0.15) is 44.2 Å². The summed E-state index contributed by atoms with van der Waals surface area (Å²) in [5.74, 6) is -0.257. The highest BCUT2D eigenvalue weighted by Gasteiger charge is 2.34. The van der Waals surface area contributed by atoms with Crippen LogP contribution in [0.4, 0.5) is 4.39 Å². The van der Waals surface area contributed by atoms with Gasteiger partial charge in [-0.25, -0.2) is 4.39 Å². The van der Waals surface area contributed by atoms with E-state index >= 15 is 0 Å². The number of nitrogens with one attached hydrogen (secondary N) is 2. The van der Waals surface area contributed by atoms with Crippen molar-refractivity contribution in [2.45, 2.75) is 44.7 Å². The van der Waals surface area contributed by atoms with Crippen molar-refractivity contribution in [1.82, 2.24) is 20.4 Å². The van der Waals surface area contributed by atoms with E-state index in [1.165, 1.54) is 12.1 Å². The smallest absolute Gasteiger partial charge is 0.242 e. The molecule has 1 aromatic carbocycles. The van der Waals surface area contributed by atoms with Crippen LogP contribution < -0.4 is 10.6 Å². The molecule has 28 heavy (non-hydrogen) atoms. The number of amides is 2. The molecule has 2 N–H and O–H groups in total. The standard InChI is InChI=1S/C21H31FN4O2/c1-2-3-10-23-19(27)15-25-11-13-26(14-12-25)20(21(28)24-18-8-9-18)16-4-6-17(22)7-5-16/h4-7,18,20H,2-3,8-15H2,1H3,(H,23,27)(H,24,28). The van der Waals surface area contributed by atoms with Crippen LogP contribution >= 0.6 is 0 Å². The number of piperazine rings is 1. The molecule has 1 saturated heterocycles. The van der Waals surface area contributed by atoms with Gasteiger partial charge in [0.15, 0.2) is 0 Å². The Morgan fingerprint density at radius 1 is 1.14 bits per heavy atom. The van der Waals surface area contributed by atoms with E-state index in [1.807, 2.05) is 0 Å². The van der Waals surface area contributed by atoms with Crippen molar-refractivity contribution in [2.24, 2.45) is 0 Å². The first-order valence-electron chi connectivity index (χ1n) is 10.4. The molecule has 2 fully saturated rings. The molecule has 1 saturated carbocycles. The van der Waals surface area contributed by atoms with E-state index in [0.29, 0.717) is 19.6 Å². The highest BCUT2D eigenvalue weighted by molar-refractivity contribution is 5.83. The Hall–Kier alpha value is -1.99. The lowest BCUT2D eigenvalue weighted by atomic mass is 10.0. The molecule has 1 aliphatic carbocycles. The van der Waals surface area contributed by atoms with Gasteiger partial charge in [-0.05, 0) is 37.0 Å². The van der Waals surface area contributed by atoms with Crippen LogP contribution in [0.15, 0.2) is 24.3 Å². The summed E-state index contributed by atoms with van der Waals surface area (Å²) in [7, 11) is 0. The average Bonchev–Trinajstić information content (AvgIpc) is 3.49. The number of halogens is 1. The number of carbonyl (C=O) groups excluding carboxylic acids is 2. The summed E-state index contributed by atoms with van der Waals surface area (Å²) in [4.78, 5) is 29.1. The van der Waals surface area contributed by atoms with E-state index in [-0.39, 0.29) is 23.7 Å². The largest absolute Gasteiger partial charge is 0.355 e. The highest BCUT2D eigenvalue weighted by Crippen LogP contribution is 2.26. The summed E-state index contributed by atoms with van der Waals surface area (Å²) in [5.41, 5.74) is 0.810. The minimum absolute atomic E-state index is 0.0140. The number of nitrogens with zero attached hydrogens (tertiary/aromatic N) is 2. The van der Waals surface area contributed by atoms with E-state index < -0.39 is 6.04 Å². The fraction of sp³-hybridized carbons (Fsp3) is 0.619. The third kappa shape index (κ3) is 6.01. The Kier molecular flexibility index (Phi) is 7.39. The fourth-order valence-electron chi connectivity index (χ4n) is 3.52. The van der Waals surface area contributed by atoms with Crippen molar-refractivity contribution in [3.8, 4) is 0 Å². The van der Waals surface area contributed by atoms with E-state index in [1.54, 1.807) is 12.1 Å². The molecule has 1 unspecified atom stereocenters. The van der Waals surface area contributed by atoms with Gasteiger partial charge < -0.3 is 10.6 Å². The van der Waals surface area contributed by atoms with Gasteiger partial charge in [0.1, 0.15) is 11.9 Å². The minimum atomic E-state index is -0.415. The summed E-state index contributed by atoms with van der Waals surface area (Å²) >= 11 is 0. The van der Waals surface area contributed by atoms with Gasteiger partial charge in [0.2, 0.25) is 11.8 Å². The summed E-state index contributed by atoms with van der Waals surface area (Å²) in [6.45, 7) is 6.08. The van der Waals surface area contributed by atoms with Crippen LogP contribution in [0, 0.1) is 5.82 Å². The van der Waals surface area contributed by atoms with Gasteiger partial charge in [0.05, 0.1) is 6.54 Å². The molecular formula is C21H31FN4O2. The maximum atomic E-state index is 13.3. The number of hydrogen-bond acceptors (Lipinski definition) is 4. The first kappa shape index (κ1) is 20.7. The van der Waals surface area contributed by atoms with E-state index in [4.69, 9.17) is 0 Å². The number of carbonyl (C=O) groups is 2. The second-order valence-corrected chi connectivity index (χ2v) is 7.75. The lowest BCUT2D eigenvalue weighted by Crippen LogP contribution is -2.53. The van der Waals surface area contributed by atoms with Crippen LogP contribution in [-0.2, 0) is 9.59 Å². The highest BCUT2D eigenvalue weighted by atomic mass is 19.1. The van der Waals surface area contributed by atoms with E-state index in [0.717, 1.165) is 50.9 Å². The second kappa shape index (κ2) is 9.98. The fourth-order valence-corrected chi connectivity index (χ4v) is 3.52. The van der Waals surface area contributed by atoms with Crippen molar-refractivity contribution in [3.63, 3.8) is 0 Å². The number of unbranched alkanes of at least 4 members (excludes halogenated alkanes) is 1. The molecule has 3 rings (SSSR count). The van der Waals surface area contributed by atoms with Gasteiger partial charge in [-0.2, -0.15) is 0 Å². The first-order chi connectivity index (χ1) is 13.6. The molecule has 0 aromatic heterocycles. The van der Waals surface area contributed by atoms with Crippen LogP contribution in [0.3, 0.4) is 0 Å². The Bertz CT molecular complexity index is 655. The van der Waals surface area contributed by atoms with Crippen LogP contribution in [0.25, 0.3) is 0 Å². The predicted octanol–water partition coefficient (Wildman–Crippen LogP) is 1.68. The van der Waals surface area contributed by atoms with Crippen molar-refractivity contribution in [2.75, 3.05) is 39.3 Å². The first-order valence-corrected chi connectivity index (χ1v) is 10.4. The van der Waals surface area contributed by atoms with Crippen LogP contribution in [0.5, 0.6) is 0 Å². The van der Waals surface area contributed by atoms with Crippen molar-refractivity contribution >= 4 is 11.8 Å². The molecule has 7 heteroatoms. The van der Waals surface area contributed by atoms with Gasteiger partial charge in [-0.1, -0.05) is 25.5 Å². The minimum Gasteiger partial charge on any atom is -0.355 e. The Balaban J connectivity index is 1.57.